The van der Waals surface area contributed by atoms with Gasteiger partial charge in [-0.3, -0.25) is 4.90 Å². The van der Waals surface area contributed by atoms with E-state index in [2.05, 4.69) is 49.8 Å². The van der Waals surface area contributed by atoms with Gasteiger partial charge in [0.1, 0.15) is 0 Å². The number of nitrogens with one attached hydrogen (secondary N) is 1. The molecule has 3 heteroatoms. The molecule has 0 radical (unpaired) electrons. The van der Waals surface area contributed by atoms with Crippen molar-refractivity contribution >= 4 is 11.3 Å². The number of thiophene rings is 1. The van der Waals surface area contributed by atoms with Crippen molar-refractivity contribution in [2.75, 3.05) is 20.1 Å². The van der Waals surface area contributed by atoms with Gasteiger partial charge in [0.25, 0.3) is 0 Å². The molecule has 0 aliphatic rings. The molecule has 2 nitrogen and oxygen atoms in total. The zero-order chi connectivity index (χ0) is 12.7. The quantitative estimate of drug-likeness (QED) is 0.564. The average Bonchev–Trinajstić information content (AvgIpc) is 2.64. The summed E-state index contributed by atoms with van der Waals surface area (Å²) in [6.07, 6.45) is 1.19. The summed E-state index contributed by atoms with van der Waals surface area (Å²) in [6, 6.07) is 4.47. The molecule has 0 saturated heterocycles. The second-order valence-corrected chi connectivity index (χ2v) is 5.93. The van der Waals surface area contributed by atoms with Crippen molar-refractivity contribution in [1.82, 2.24) is 10.2 Å². The number of hydrogen-bond donors (Lipinski definition) is 1. The summed E-state index contributed by atoms with van der Waals surface area (Å²) in [5.74, 6) is 0. The molecule has 1 N–H and O–H groups in total. The van der Waals surface area contributed by atoms with Crippen molar-refractivity contribution in [3.63, 3.8) is 0 Å². The highest BCUT2D eigenvalue weighted by molar-refractivity contribution is 7.11. The lowest BCUT2D eigenvalue weighted by Gasteiger charge is -2.15. The van der Waals surface area contributed by atoms with Crippen LogP contribution in [-0.4, -0.2) is 25.0 Å². The Kier molecular flexibility index (Phi) is 6.48. The highest BCUT2D eigenvalue weighted by Crippen LogP contribution is 2.18. The van der Waals surface area contributed by atoms with Gasteiger partial charge in [-0.05, 0) is 39.1 Å². The SMILES string of the molecule is C=C(C)CN(C)Cc1ccc(CNCCC)s1. The van der Waals surface area contributed by atoms with Crippen molar-refractivity contribution in [2.24, 2.45) is 0 Å². The van der Waals surface area contributed by atoms with Crippen LogP contribution in [0, 0.1) is 0 Å². The third-order valence-corrected chi connectivity index (χ3v) is 3.48. The van der Waals surface area contributed by atoms with Crippen LogP contribution in [0.1, 0.15) is 30.0 Å². The lowest BCUT2D eigenvalue weighted by molar-refractivity contribution is 0.359. The Hall–Kier alpha value is -0.640. The molecule has 96 valence electrons. The molecule has 0 amide bonds. The summed E-state index contributed by atoms with van der Waals surface area (Å²) >= 11 is 1.90. The number of nitrogens with zero attached hydrogens (tertiary/aromatic N) is 1. The Morgan fingerprint density at radius 2 is 2.12 bits per heavy atom. The van der Waals surface area contributed by atoms with Gasteiger partial charge in [-0.2, -0.15) is 0 Å². The van der Waals surface area contributed by atoms with Gasteiger partial charge < -0.3 is 5.32 Å². The number of likely N-dealkylation sites (N-methyl/N-ethyl adjacent to an activating group) is 1. The summed E-state index contributed by atoms with van der Waals surface area (Å²) in [7, 11) is 2.14. The second kappa shape index (κ2) is 7.64. The smallest absolute Gasteiger partial charge is 0.0328 e. The molecule has 0 spiro atoms. The highest BCUT2D eigenvalue weighted by atomic mass is 32.1. The van der Waals surface area contributed by atoms with E-state index in [1.165, 1.54) is 21.7 Å². The Morgan fingerprint density at radius 1 is 1.41 bits per heavy atom. The van der Waals surface area contributed by atoms with Gasteiger partial charge >= 0.3 is 0 Å². The molecule has 1 heterocycles. The Morgan fingerprint density at radius 3 is 2.76 bits per heavy atom. The van der Waals surface area contributed by atoms with E-state index in [0.29, 0.717) is 0 Å². The van der Waals surface area contributed by atoms with E-state index in [1.54, 1.807) is 0 Å². The molecular weight excluding hydrogens is 228 g/mol. The van der Waals surface area contributed by atoms with Crippen LogP contribution in [0.4, 0.5) is 0 Å². The molecule has 1 aromatic heterocycles. The van der Waals surface area contributed by atoms with Crippen LogP contribution in [0.2, 0.25) is 0 Å². The fraction of sp³-hybridized carbons (Fsp3) is 0.571. The summed E-state index contributed by atoms with van der Waals surface area (Å²) in [5.41, 5.74) is 1.22. The Bertz CT molecular complexity index is 344. The standard InChI is InChI=1S/C14H24N2S/c1-5-8-15-9-13-6-7-14(17-13)11-16(4)10-12(2)3/h6-7,15H,2,5,8-11H2,1,3-4H3. The monoisotopic (exact) mass is 252 g/mol. The van der Waals surface area contributed by atoms with Crippen molar-refractivity contribution in [3.8, 4) is 0 Å². The molecule has 0 fully saturated rings. The van der Waals surface area contributed by atoms with E-state index < -0.39 is 0 Å². The van der Waals surface area contributed by atoms with Gasteiger partial charge in [0.2, 0.25) is 0 Å². The maximum absolute atomic E-state index is 3.94. The number of hydrogen-bond acceptors (Lipinski definition) is 3. The Balaban J connectivity index is 2.37. The molecule has 0 aromatic carbocycles. The fourth-order valence-electron chi connectivity index (χ4n) is 1.77. The maximum Gasteiger partial charge on any atom is 0.0328 e. The van der Waals surface area contributed by atoms with Crippen LogP contribution in [0.25, 0.3) is 0 Å². The molecular formula is C14H24N2S. The van der Waals surface area contributed by atoms with E-state index in [-0.39, 0.29) is 0 Å². The highest BCUT2D eigenvalue weighted by Gasteiger charge is 2.03. The molecule has 0 saturated carbocycles. The first-order chi connectivity index (χ1) is 8.11. The van der Waals surface area contributed by atoms with E-state index in [9.17, 15) is 0 Å². The largest absolute Gasteiger partial charge is 0.312 e. The summed E-state index contributed by atoms with van der Waals surface area (Å²) < 4.78 is 0. The molecule has 1 aromatic rings. The van der Waals surface area contributed by atoms with Crippen LogP contribution < -0.4 is 5.32 Å². The lowest BCUT2D eigenvalue weighted by Crippen LogP contribution is -2.18. The van der Waals surface area contributed by atoms with Gasteiger partial charge in [0.15, 0.2) is 0 Å². The van der Waals surface area contributed by atoms with E-state index in [1.807, 2.05) is 11.3 Å². The predicted octanol–water partition coefficient (Wildman–Crippen LogP) is 3.26. The van der Waals surface area contributed by atoms with E-state index in [0.717, 1.165) is 26.2 Å². The number of rotatable bonds is 8. The van der Waals surface area contributed by atoms with Crippen molar-refractivity contribution in [1.29, 1.82) is 0 Å². The summed E-state index contributed by atoms with van der Waals surface area (Å²) in [5, 5.41) is 3.43. The maximum atomic E-state index is 3.94. The minimum absolute atomic E-state index is 0.974. The lowest BCUT2D eigenvalue weighted by atomic mass is 10.3. The second-order valence-electron chi connectivity index (χ2n) is 4.67. The van der Waals surface area contributed by atoms with Crippen LogP contribution in [0.5, 0.6) is 0 Å². The van der Waals surface area contributed by atoms with E-state index in [4.69, 9.17) is 0 Å². The third-order valence-electron chi connectivity index (χ3n) is 2.41. The minimum atomic E-state index is 0.974. The molecule has 17 heavy (non-hydrogen) atoms. The summed E-state index contributed by atoms with van der Waals surface area (Å²) in [6.45, 7) is 12.3. The van der Waals surface area contributed by atoms with Crippen LogP contribution in [0.15, 0.2) is 24.3 Å². The van der Waals surface area contributed by atoms with Gasteiger partial charge in [0, 0.05) is 29.4 Å². The fourth-order valence-corrected chi connectivity index (χ4v) is 2.84. The molecule has 0 unspecified atom stereocenters. The summed E-state index contributed by atoms with van der Waals surface area (Å²) in [4.78, 5) is 5.16. The minimum Gasteiger partial charge on any atom is -0.312 e. The molecule has 1 rings (SSSR count). The first-order valence-corrected chi connectivity index (χ1v) is 7.04. The zero-order valence-corrected chi connectivity index (χ0v) is 12.1. The normalized spacial score (nSPS) is 11.1. The third kappa shape index (κ3) is 6.01. The zero-order valence-electron chi connectivity index (χ0n) is 11.3. The molecule has 0 atom stereocenters. The predicted molar refractivity (Wildman–Crippen MR) is 77.5 cm³/mol. The van der Waals surface area contributed by atoms with Crippen molar-refractivity contribution in [2.45, 2.75) is 33.4 Å². The van der Waals surface area contributed by atoms with Crippen LogP contribution in [0.3, 0.4) is 0 Å². The first kappa shape index (κ1) is 14.4. The average molecular weight is 252 g/mol. The molecule has 0 bridgehead atoms. The first-order valence-electron chi connectivity index (χ1n) is 6.23. The van der Waals surface area contributed by atoms with Crippen molar-refractivity contribution in [3.05, 3.63) is 34.0 Å². The van der Waals surface area contributed by atoms with Gasteiger partial charge in [-0.1, -0.05) is 19.1 Å². The van der Waals surface area contributed by atoms with Crippen LogP contribution >= 0.6 is 11.3 Å². The van der Waals surface area contributed by atoms with Gasteiger partial charge in [-0.15, -0.1) is 11.3 Å². The van der Waals surface area contributed by atoms with Crippen molar-refractivity contribution < 1.29 is 0 Å². The van der Waals surface area contributed by atoms with Gasteiger partial charge in [-0.25, -0.2) is 0 Å². The molecule has 0 aliphatic carbocycles. The van der Waals surface area contributed by atoms with E-state index >= 15 is 0 Å². The van der Waals surface area contributed by atoms with Gasteiger partial charge in [0.05, 0.1) is 0 Å². The topological polar surface area (TPSA) is 15.3 Å². The Labute approximate surface area is 109 Å². The van der Waals surface area contributed by atoms with Crippen LogP contribution in [-0.2, 0) is 13.1 Å². The molecule has 0 aliphatic heterocycles.